The molecule has 0 saturated heterocycles. The minimum atomic E-state index is -0.691. The summed E-state index contributed by atoms with van der Waals surface area (Å²) in [5.74, 6) is 0.745. The average molecular weight is 293 g/mol. The first-order chi connectivity index (χ1) is 10.1. The SMILES string of the molecule is NC[C@H](O)Cc1cccc(OCC2(O)CCCCCC2)c1. The van der Waals surface area contributed by atoms with Crippen LogP contribution < -0.4 is 10.5 Å². The van der Waals surface area contributed by atoms with Crippen LogP contribution in [0.25, 0.3) is 0 Å². The van der Waals surface area contributed by atoms with Crippen molar-refractivity contribution in [1.29, 1.82) is 0 Å². The van der Waals surface area contributed by atoms with Crippen molar-refractivity contribution >= 4 is 0 Å². The van der Waals surface area contributed by atoms with Crippen molar-refractivity contribution in [3.05, 3.63) is 29.8 Å². The van der Waals surface area contributed by atoms with Crippen LogP contribution in [0.4, 0.5) is 0 Å². The lowest BCUT2D eigenvalue weighted by Gasteiger charge is -2.26. The Kier molecular flexibility index (Phi) is 6.03. The maximum absolute atomic E-state index is 10.6. The van der Waals surface area contributed by atoms with Gasteiger partial charge < -0.3 is 20.7 Å². The number of aliphatic hydroxyl groups is 2. The van der Waals surface area contributed by atoms with Gasteiger partial charge in [-0.05, 0) is 37.0 Å². The molecule has 0 heterocycles. The van der Waals surface area contributed by atoms with E-state index in [-0.39, 0.29) is 6.54 Å². The third-order valence-corrected chi connectivity index (χ3v) is 4.18. The summed E-state index contributed by atoms with van der Waals surface area (Å²) in [5.41, 5.74) is 5.74. The molecule has 0 radical (unpaired) electrons. The number of benzene rings is 1. The van der Waals surface area contributed by atoms with Gasteiger partial charge in [0.15, 0.2) is 0 Å². The van der Waals surface area contributed by atoms with Gasteiger partial charge in [-0.1, -0.05) is 37.8 Å². The molecule has 1 aromatic rings. The molecule has 1 saturated carbocycles. The molecule has 118 valence electrons. The van der Waals surface area contributed by atoms with Crippen LogP contribution in [0.3, 0.4) is 0 Å². The van der Waals surface area contributed by atoms with E-state index in [0.29, 0.717) is 13.0 Å². The highest BCUT2D eigenvalue weighted by Gasteiger charge is 2.28. The summed E-state index contributed by atoms with van der Waals surface area (Å²) < 4.78 is 5.80. The quantitative estimate of drug-likeness (QED) is 0.701. The molecule has 1 atom stereocenters. The van der Waals surface area contributed by atoms with Crippen LogP contribution in [-0.4, -0.2) is 35.1 Å². The first-order valence-electron chi connectivity index (χ1n) is 7.93. The Bertz CT molecular complexity index is 428. The maximum Gasteiger partial charge on any atom is 0.119 e. The fourth-order valence-electron chi connectivity index (χ4n) is 2.87. The zero-order valence-corrected chi connectivity index (χ0v) is 12.6. The summed E-state index contributed by atoms with van der Waals surface area (Å²) in [7, 11) is 0. The first kappa shape index (κ1) is 16.3. The molecule has 1 aliphatic carbocycles. The van der Waals surface area contributed by atoms with E-state index in [1.54, 1.807) is 0 Å². The minimum Gasteiger partial charge on any atom is -0.491 e. The van der Waals surface area contributed by atoms with Crippen LogP contribution in [0, 0.1) is 0 Å². The van der Waals surface area contributed by atoms with Crippen LogP contribution in [-0.2, 0) is 6.42 Å². The molecule has 1 aliphatic rings. The molecular formula is C17H27NO3. The number of rotatable bonds is 6. The first-order valence-corrected chi connectivity index (χ1v) is 7.93. The van der Waals surface area contributed by atoms with Crippen LogP contribution in [0.1, 0.15) is 44.1 Å². The Morgan fingerprint density at radius 3 is 2.57 bits per heavy atom. The zero-order valence-electron chi connectivity index (χ0n) is 12.6. The predicted molar refractivity (Wildman–Crippen MR) is 83.4 cm³/mol. The van der Waals surface area contributed by atoms with E-state index in [2.05, 4.69) is 0 Å². The van der Waals surface area contributed by atoms with Crippen LogP contribution in [0.15, 0.2) is 24.3 Å². The lowest BCUT2D eigenvalue weighted by Crippen LogP contribution is -2.35. The number of aliphatic hydroxyl groups excluding tert-OH is 1. The van der Waals surface area contributed by atoms with E-state index in [9.17, 15) is 10.2 Å². The summed E-state index contributed by atoms with van der Waals surface area (Å²) in [6.45, 7) is 0.598. The summed E-state index contributed by atoms with van der Waals surface area (Å²) in [6.07, 6.45) is 6.19. The van der Waals surface area contributed by atoms with Crippen molar-refractivity contribution in [2.75, 3.05) is 13.2 Å². The molecule has 0 aromatic heterocycles. The van der Waals surface area contributed by atoms with E-state index >= 15 is 0 Å². The number of ether oxygens (including phenoxy) is 1. The molecule has 4 nitrogen and oxygen atoms in total. The molecule has 21 heavy (non-hydrogen) atoms. The zero-order chi connectivity index (χ0) is 15.1. The average Bonchev–Trinajstić information content (AvgIpc) is 2.71. The molecule has 0 bridgehead atoms. The second-order valence-corrected chi connectivity index (χ2v) is 6.17. The summed E-state index contributed by atoms with van der Waals surface area (Å²) in [4.78, 5) is 0. The Labute approximate surface area is 126 Å². The Hall–Kier alpha value is -1.10. The molecule has 0 unspecified atom stereocenters. The Morgan fingerprint density at radius 1 is 1.19 bits per heavy atom. The highest BCUT2D eigenvalue weighted by molar-refractivity contribution is 5.29. The molecule has 2 rings (SSSR count). The fourth-order valence-corrected chi connectivity index (χ4v) is 2.87. The van der Waals surface area contributed by atoms with Crippen LogP contribution in [0.2, 0.25) is 0 Å². The lowest BCUT2D eigenvalue weighted by molar-refractivity contribution is -0.0173. The van der Waals surface area contributed by atoms with Crippen molar-refractivity contribution < 1.29 is 14.9 Å². The van der Waals surface area contributed by atoms with E-state index in [4.69, 9.17) is 10.5 Å². The highest BCUT2D eigenvalue weighted by atomic mass is 16.5. The molecule has 0 aliphatic heterocycles. The number of nitrogens with two attached hydrogens (primary N) is 1. The molecule has 1 aromatic carbocycles. The third kappa shape index (κ3) is 5.30. The molecule has 0 amide bonds. The lowest BCUT2D eigenvalue weighted by atomic mass is 9.96. The van der Waals surface area contributed by atoms with Crippen molar-refractivity contribution in [2.24, 2.45) is 5.73 Å². The molecular weight excluding hydrogens is 266 g/mol. The van der Waals surface area contributed by atoms with Gasteiger partial charge in [-0.25, -0.2) is 0 Å². The predicted octanol–water partition coefficient (Wildman–Crippen LogP) is 2.01. The maximum atomic E-state index is 10.6. The monoisotopic (exact) mass is 293 g/mol. The molecule has 0 spiro atoms. The van der Waals surface area contributed by atoms with Crippen molar-refractivity contribution in [3.8, 4) is 5.75 Å². The highest BCUT2D eigenvalue weighted by Crippen LogP contribution is 2.28. The van der Waals surface area contributed by atoms with E-state index in [1.165, 1.54) is 12.8 Å². The smallest absolute Gasteiger partial charge is 0.119 e. The second-order valence-electron chi connectivity index (χ2n) is 6.17. The van der Waals surface area contributed by atoms with Crippen molar-refractivity contribution in [1.82, 2.24) is 0 Å². The Morgan fingerprint density at radius 2 is 1.90 bits per heavy atom. The van der Waals surface area contributed by atoms with Gasteiger partial charge in [-0.2, -0.15) is 0 Å². The second kappa shape index (κ2) is 7.78. The fraction of sp³-hybridized carbons (Fsp3) is 0.647. The van der Waals surface area contributed by atoms with Gasteiger partial charge in [0.1, 0.15) is 12.4 Å². The largest absolute Gasteiger partial charge is 0.491 e. The van der Waals surface area contributed by atoms with Crippen molar-refractivity contribution in [2.45, 2.75) is 56.7 Å². The van der Waals surface area contributed by atoms with E-state index in [0.717, 1.165) is 37.0 Å². The van der Waals surface area contributed by atoms with Gasteiger partial charge in [0.2, 0.25) is 0 Å². The number of hydrogen-bond acceptors (Lipinski definition) is 4. The summed E-state index contributed by atoms with van der Waals surface area (Å²) in [6, 6.07) is 7.66. The third-order valence-electron chi connectivity index (χ3n) is 4.18. The summed E-state index contributed by atoms with van der Waals surface area (Å²) in [5, 5.41) is 20.2. The van der Waals surface area contributed by atoms with Crippen LogP contribution in [0.5, 0.6) is 5.75 Å². The van der Waals surface area contributed by atoms with Gasteiger partial charge in [-0.3, -0.25) is 0 Å². The molecule has 4 heteroatoms. The normalized spacial score (nSPS) is 19.8. The van der Waals surface area contributed by atoms with E-state index in [1.807, 2.05) is 24.3 Å². The van der Waals surface area contributed by atoms with E-state index < -0.39 is 11.7 Å². The minimum absolute atomic E-state index is 0.255. The van der Waals surface area contributed by atoms with Crippen LogP contribution >= 0.6 is 0 Å². The van der Waals surface area contributed by atoms with Gasteiger partial charge in [0.25, 0.3) is 0 Å². The number of hydrogen-bond donors (Lipinski definition) is 3. The molecule has 4 N–H and O–H groups in total. The topological polar surface area (TPSA) is 75.7 Å². The van der Waals surface area contributed by atoms with Gasteiger partial charge >= 0.3 is 0 Å². The van der Waals surface area contributed by atoms with Crippen molar-refractivity contribution in [3.63, 3.8) is 0 Å². The standard InChI is InChI=1S/C17H27NO3/c18-12-15(19)10-14-6-5-7-16(11-14)21-13-17(20)8-3-1-2-4-9-17/h5-7,11,15,19-20H,1-4,8-10,12-13,18H2/t15-/m1/s1. The van der Waals surface area contributed by atoms with Gasteiger partial charge in [-0.15, -0.1) is 0 Å². The Balaban J connectivity index is 1.91. The molecule has 1 fully saturated rings. The van der Waals surface area contributed by atoms with Gasteiger partial charge in [0, 0.05) is 6.54 Å². The van der Waals surface area contributed by atoms with Gasteiger partial charge in [0.05, 0.1) is 11.7 Å². The summed E-state index contributed by atoms with van der Waals surface area (Å²) >= 11 is 0.